The molecule has 0 radical (unpaired) electrons. The van der Waals surface area contributed by atoms with Crippen molar-refractivity contribution in [2.45, 2.75) is 33.6 Å². The molecule has 5 nitrogen and oxygen atoms in total. The number of pyridine rings is 1. The zero-order chi connectivity index (χ0) is 15.1. The molecule has 2 heterocycles. The Labute approximate surface area is 118 Å². The molecule has 0 aliphatic carbocycles. The van der Waals surface area contributed by atoms with Gasteiger partial charge in [0.25, 0.3) is 0 Å². The first-order valence-electron chi connectivity index (χ1n) is 6.56. The quantitative estimate of drug-likeness (QED) is 0.668. The first-order chi connectivity index (χ1) is 9.58. The Hall–Kier alpha value is -2.24. The van der Waals surface area contributed by atoms with E-state index in [4.69, 9.17) is 5.73 Å². The summed E-state index contributed by atoms with van der Waals surface area (Å²) in [6.07, 6.45) is 4.29. The Morgan fingerprint density at radius 2 is 2.00 bits per heavy atom. The highest BCUT2D eigenvalue weighted by atomic mass is 19.1. The second kappa shape index (κ2) is 7.37. The normalized spacial score (nSPS) is 11.2. The van der Waals surface area contributed by atoms with Gasteiger partial charge in [0, 0.05) is 17.3 Å². The smallest absolute Gasteiger partial charge is 0.153 e. The third-order valence-electron chi connectivity index (χ3n) is 2.50. The molecule has 0 atom stereocenters. The van der Waals surface area contributed by atoms with E-state index >= 15 is 0 Å². The van der Waals surface area contributed by atoms with Gasteiger partial charge in [0.15, 0.2) is 5.82 Å². The van der Waals surface area contributed by atoms with Gasteiger partial charge in [0.05, 0.1) is 12.4 Å². The van der Waals surface area contributed by atoms with Crippen LogP contribution in [0.25, 0.3) is 0 Å². The van der Waals surface area contributed by atoms with Crippen molar-refractivity contribution in [3.8, 4) is 0 Å². The van der Waals surface area contributed by atoms with Crippen molar-refractivity contribution < 1.29 is 4.39 Å². The van der Waals surface area contributed by atoms with Crippen LogP contribution in [-0.4, -0.2) is 21.0 Å². The summed E-state index contributed by atoms with van der Waals surface area (Å²) in [7, 11) is 0. The third-order valence-corrected chi connectivity index (χ3v) is 2.50. The highest BCUT2D eigenvalue weighted by molar-refractivity contribution is 5.98. The number of aromatic nitrogens is 3. The summed E-state index contributed by atoms with van der Waals surface area (Å²) < 4.78 is 13.0. The highest BCUT2D eigenvalue weighted by Crippen LogP contribution is 2.23. The predicted octanol–water partition coefficient (Wildman–Crippen LogP) is 3.13. The number of rotatable bonds is 3. The summed E-state index contributed by atoms with van der Waals surface area (Å²) in [5.41, 5.74) is 7.22. The van der Waals surface area contributed by atoms with Gasteiger partial charge in [-0.2, -0.15) is 5.10 Å². The van der Waals surface area contributed by atoms with Crippen molar-refractivity contribution in [1.82, 2.24) is 15.2 Å². The molecule has 0 spiro atoms. The Kier molecular flexibility index (Phi) is 5.83. The zero-order valence-electron chi connectivity index (χ0n) is 12.2. The van der Waals surface area contributed by atoms with Gasteiger partial charge in [-0.15, -0.1) is 0 Å². The number of nitrogens with zero attached hydrogens (tertiary/aromatic N) is 3. The topological polar surface area (TPSA) is 80.0 Å². The van der Waals surface area contributed by atoms with Gasteiger partial charge in [-0.1, -0.05) is 27.7 Å². The molecule has 0 aliphatic rings. The summed E-state index contributed by atoms with van der Waals surface area (Å²) in [5.74, 6) is 0.625. The number of nitrogens with two attached hydrogens (primary N) is 1. The van der Waals surface area contributed by atoms with E-state index in [9.17, 15) is 4.39 Å². The van der Waals surface area contributed by atoms with Gasteiger partial charge in [0.2, 0.25) is 0 Å². The van der Waals surface area contributed by atoms with Crippen LogP contribution in [0, 0.1) is 5.82 Å². The largest absolute Gasteiger partial charge is 0.383 e. The van der Waals surface area contributed by atoms with E-state index in [-0.39, 0.29) is 11.8 Å². The van der Waals surface area contributed by atoms with Crippen LogP contribution >= 0.6 is 0 Å². The summed E-state index contributed by atoms with van der Waals surface area (Å²) in [5, 5.41) is 6.70. The minimum absolute atomic E-state index is 0.202. The van der Waals surface area contributed by atoms with Crippen molar-refractivity contribution in [2.75, 3.05) is 0 Å². The van der Waals surface area contributed by atoms with Crippen molar-refractivity contribution >= 4 is 11.7 Å². The fourth-order valence-electron chi connectivity index (χ4n) is 1.54. The number of hydrogen-bond acceptors (Lipinski definition) is 3. The maximum Gasteiger partial charge on any atom is 0.153 e. The fourth-order valence-corrected chi connectivity index (χ4v) is 1.54. The van der Waals surface area contributed by atoms with E-state index in [1.807, 2.05) is 27.7 Å². The average Bonchev–Trinajstić information content (AvgIpc) is 2.89. The lowest BCUT2D eigenvalue weighted by Gasteiger charge is -2.03. The Bertz CT molecular complexity index is 574. The summed E-state index contributed by atoms with van der Waals surface area (Å²) in [4.78, 5) is 7.95. The second-order valence-electron chi connectivity index (χ2n) is 4.22. The van der Waals surface area contributed by atoms with Crippen LogP contribution in [0.4, 0.5) is 10.2 Å². The lowest BCUT2D eigenvalue weighted by Crippen LogP contribution is -2.13. The molecule has 2 rings (SSSR count). The van der Waals surface area contributed by atoms with Crippen LogP contribution in [-0.2, 0) is 0 Å². The minimum Gasteiger partial charge on any atom is -0.383 e. The lowest BCUT2D eigenvalue weighted by atomic mass is 10.1. The Morgan fingerprint density at radius 1 is 1.30 bits per heavy atom. The van der Waals surface area contributed by atoms with Crippen molar-refractivity contribution in [1.29, 1.82) is 0 Å². The molecular weight excluding hydrogens is 257 g/mol. The van der Waals surface area contributed by atoms with E-state index in [0.717, 1.165) is 11.8 Å². The maximum atomic E-state index is 13.0. The van der Waals surface area contributed by atoms with Crippen LogP contribution in [0.2, 0.25) is 0 Å². The highest BCUT2D eigenvalue weighted by Gasteiger charge is 2.09. The molecule has 6 heteroatoms. The third kappa shape index (κ3) is 3.88. The van der Waals surface area contributed by atoms with Crippen molar-refractivity contribution in [2.24, 2.45) is 10.7 Å². The molecule has 0 fully saturated rings. The van der Waals surface area contributed by atoms with Gasteiger partial charge >= 0.3 is 0 Å². The van der Waals surface area contributed by atoms with E-state index in [1.165, 1.54) is 12.3 Å². The van der Waals surface area contributed by atoms with Gasteiger partial charge in [-0.25, -0.2) is 9.38 Å². The summed E-state index contributed by atoms with van der Waals surface area (Å²) >= 11 is 0. The monoisotopic (exact) mass is 277 g/mol. The van der Waals surface area contributed by atoms with Gasteiger partial charge in [-0.3, -0.25) is 10.1 Å². The molecule has 0 saturated carbocycles. The van der Waals surface area contributed by atoms with Crippen molar-refractivity contribution in [3.63, 3.8) is 0 Å². The fraction of sp³-hybridized carbons (Fsp3) is 0.357. The number of nitrogens with one attached hydrogen (secondary N) is 1. The van der Waals surface area contributed by atoms with Crippen LogP contribution in [0.1, 0.15) is 44.7 Å². The molecule has 0 bridgehead atoms. The van der Waals surface area contributed by atoms with E-state index in [0.29, 0.717) is 11.4 Å². The maximum absolute atomic E-state index is 13.0. The first-order valence-corrected chi connectivity index (χ1v) is 6.56. The Morgan fingerprint density at radius 3 is 2.60 bits per heavy atom. The van der Waals surface area contributed by atoms with E-state index in [1.54, 1.807) is 6.20 Å². The van der Waals surface area contributed by atoms with Gasteiger partial charge in [0.1, 0.15) is 11.7 Å². The molecule has 2 aromatic heterocycles. The molecule has 0 unspecified atom stereocenters. The van der Waals surface area contributed by atoms with Crippen LogP contribution in [0.15, 0.2) is 29.6 Å². The molecule has 108 valence electrons. The molecule has 2 aromatic rings. The number of hydrogen-bond donors (Lipinski definition) is 2. The number of halogens is 1. The molecule has 20 heavy (non-hydrogen) atoms. The average molecular weight is 277 g/mol. The van der Waals surface area contributed by atoms with E-state index in [2.05, 4.69) is 20.2 Å². The summed E-state index contributed by atoms with van der Waals surface area (Å²) in [6.45, 7) is 8.06. The molecule has 0 aromatic carbocycles. The molecule has 0 aliphatic heterocycles. The molecule has 0 saturated heterocycles. The Balaban J connectivity index is 0.000000956. The number of aromatic amines is 1. The second-order valence-corrected chi connectivity index (χ2v) is 4.22. The number of H-pyrrole nitrogens is 1. The number of aliphatic imine (C=N–C) groups is 1. The number of amidine groups is 1. The van der Waals surface area contributed by atoms with Gasteiger partial charge in [-0.05, 0) is 12.0 Å². The van der Waals surface area contributed by atoms with Crippen LogP contribution in [0.5, 0.6) is 0 Å². The first kappa shape index (κ1) is 15.8. The molecule has 3 N–H and O–H groups in total. The minimum atomic E-state index is -0.445. The molecule has 0 amide bonds. The summed E-state index contributed by atoms with van der Waals surface area (Å²) in [6, 6.07) is 1.29. The van der Waals surface area contributed by atoms with E-state index < -0.39 is 5.82 Å². The lowest BCUT2D eigenvalue weighted by molar-refractivity contribution is 0.621. The molecular formula is C14H20FN5. The zero-order valence-corrected chi connectivity index (χ0v) is 12.2. The predicted molar refractivity (Wildman–Crippen MR) is 78.6 cm³/mol. The van der Waals surface area contributed by atoms with Crippen LogP contribution < -0.4 is 5.73 Å². The van der Waals surface area contributed by atoms with Crippen LogP contribution in [0.3, 0.4) is 0 Å². The standard InChI is InChI=1S/C12H14FN5.C2H6/c1-7(2)10-6-16-18-12(10)17-11(14)8-3-9(13)5-15-4-8;1-2/h3-7H,1-2H3,(H3,14,16,17,18);1-2H3. The van der Waals surface area contributed by atoms with Crippen molar-refractivity contribution in [3.05, 3.63) is 41.6 Å². The SMILES string of the molecule is CC.CC(C)c1cn[nH]c1/N=C(\N)c1cncc(F)c1. The van der Waals surface area contributed by atoms with Gasteiger partial charge < -0.3 is 5.73 Å².